The number of piperidine rings is 1. The van der Waals surface area contributed by atoms with Crippen molar-refractivity contribution in [2.24, 2.45) is 0 Å². The lowest BCUT2D eigenvalue weighted by atomic mass is 9.85. The second-order valence-corrected chi connectivity index (χ2v) is 7.68. The van der Waals surface area contributed by atoms with Crippen molar-refractivity contribution in [3.05, 3.63) is 65.5 Å². The number of likely N-dealkylation sites (N-methyl/N-ethyl adjacent to an activating group) is 1. The first kappa shape index (κ1) is 19.1. The Morgan fingerprint density at radius 2 is 1.76 bits per heavy atom. The molecular weight excluding hydrogens is 368 g/mol. The van der Waals surface area contributed by atoms with E-state index in [1.165, 1.54) is 11.9 Å². The predicted molar refractivity (Wildman–Crippen MR) is 107 cm³/mol. The van der Waals surface area contributed by atoms with Crippen LogP contribution in [-0.2, 0) is 11.3 Å². The van der Waals surface area contributed by atoms with Gasteiger partial charge in [0.05, 0.1) is 5.56 Å². The van der Waals surface area contributed by atoms with Crippen molar-refractivity contribution in [1.29, 1.82) is 0 Å². The van der Waals surface area contributed by atoms with Gasteiger partial charge >= 0.3 is 6.03 Å². The van der Waals surface area contributed by atoms with Gasteiger partial charge in [-0.15, -0.1) is 0 Å². The van der Waals surface area contributed by atoms with E-state index in [2.05, 4.69) is 4.98 Å². The molecule has 0 aliphatic carbocycles. The van der Waals surface area contributed by atoms with Crippen LogP contribution in [0.2, 0.25) is 0 Å². The number of urea groups is 1. The summed E-state index contributed by atoms with van der Waals surface area (Å²) in [5.41, 5.74) is 1.36. The van der Waals surface area contributed by atoms with Crippen LogP contribution in [0.3, 0.4) is 0 Å². The summed E-state index contributed by atoms with van der Waals surface area (Å²) in [5.74, 6) is -0.256. The average molecular weight is 392 g/mol. The van der Waals surface area contributed by atoms with E-state index in [4.69, 9.17) is 0 Å². The number of benzene rings is 1. The monoisotopic (exact) mass is 392 g/mol. The van der Waals surface area contributed by atoms with Crippen LogP contribution in [0, 0.1) is 6.92 Å². The molecule has 0 bridgehead atoms. The van der Waals surface area contributed by atoms with E-state index in [-0.39, 0.29) is 17.8 Å². The molecule has 2 aliphatic rings. The van der Waals surface area contributed by atoms with E-state index >= 15 is 0 Å². The van der Waals surface area contributed by atoms with Crippen LogP contribution >= 0.6 is 0 Å². The number of nitrogens with zero attached hydrogens (tertiary/aromatic N) is 4. The van der Waals surface area contributed by atoms with E-state index in [1.807, 2.05) is 37.3 Å². The molecule has 0 N–H and O–H groups in total. The maximum atomic E-state index is 13.0. The fraction of sp³-hybridized carbons (Fsp3) is 0.364. The zero-order chi connectivity index (χ0) is 20.6. The third-order valence-corrected chi connectivity index (χ3v) is 6.04. The van der Waals surface area contributed by atoms with Gasteiger partial charge < -0.3 is 9.80 Å². The minimum atomic E-state index is -0.886. The van der Waals surface area contributed by atoms with E-state index in [0.717, 1.165) is 5.56 Å². The van der Waals surface area contributed by atoms with Crippen LogP contribution < -0.4 is 0 Å². The number of carbonyl (C=O) groups is 3. The fourth-order valence-electron chi connectivity index (χ4n) is 4.31. The standard InChI is InChI=1S/C22H24N4O3/c1-16-18(9-6-12-23-16)19(27)25-13-10-22(11-14-25)20(28)24(2)21(29)26(22)15-17-7-4-3-5-8-17/h3-9,12H,10-11,13-15H2,1-2H3. The topological polar surface area (TPSA) is 73.8 Å². The summed E-state index contributed by atoms with van der Waals surface area (Å²) in [6.45, 7) is 3.04. The number of amides is 4. The molecule has 3 heterocycles. The molecule has 29 heavy (non-hydrogen) atoms. The lowest BCUT2D eigenvalue weighted by Gasteiger charge is -2.42. The second kappa shape index (κ2) is 7.31. The number of carbonyl (C=O) groups excluding carboxylic acids is 3. The van der Waals surface area contributed by atoms with Crippen molar-refractivity contribution in [2.75, 3.05) is 20.1 Å². The highest BCUT2D eigenvalue weighted by Crippen LogP contribution is 2.38. The van der Waals surface area contributed by atoms with Gasteiger partial charge in [-0.1, -0.05) is 30.3 Å². The fourth-order valence-corrected chi connectivity index (χ4v) is 4.31. The van der Waals surface area contributed by atoms with Gasteiger partial charge in [-0.3, -0.25) is 19.5 Å². The van der Waals surface area contributed by atoms with Crippen molar-refractivity contribution < 1.29 is 14.4 Å². The SMILES string of the molecule is Cc1ncccc1C(=O)N1CCC2(CC1)C(=O)N(C)C(=O)N2Cc1ccccc1. The molecule has 4 amide bonds. The minimum absolute atomic E-state index is 0.0785. The zero-order valence-electron chi connectivity index (χ0n) is 16.7. The Hall–Kier alpha value is -3.22. The van der Waals surface area contributed by atoms with Gasteiger partial charge in [0.25, 0.3) is 11.8 Å². The molecule has 2 aliphatic heterocycles. The lowest BCUT2D eigenvalue weighted by Crippen LogP contribution is -2.57. The maximum absolute atomic E-state index is 13.0. The first-order chi connectivity index (χ1) is 13.9. The van der Waals surface area contributed by atoms with Crippen molar-refractivity contribution in [3.63, 3.8) is 0 Å². The Bertz CT molecular complexity index is 952. The Balaban J connectivity index is 1.56. The summed E-state index contributed by atoms with van der Waals surface area (Å²) in [4.78, 5) is 47.6. The highest BCUT2D eigenvalue weighted by atomic mass is 16.2. The van der Waals surface area contributed by atoms with Crippen molar-refractivity contribution in [1.82, 2.24) is 19.7 Å². The molecule has 0 unspecified atom stereocenters. The van der Waals surface area contributed by atoms with Crippen LogP contribution in [0.15, 0.2) is 48.7 Å². The van der Waals surface area contributed by atoms with Gasteiger partial charge in [-0.2, -0.15) is 0 Å². The van der Waals surface area contributed by atoms with Gasteiger partial charge in [0.15, 0.2) is 0 Å². The predicted octanol–water partition coefficient (Wildman–Crippen LogP) is 2.46. The minimum Gasteiger partial charge on any atom is -0.338 e. The third-order valence-electron chi connectivity index (χ3n) is 6.04. The molecule has 2 fully saturated rings. The maximum Gasteiger partial charge on any atom is 0.327 e. The summed E-state index contributed by atoms with van der Waals surface area (Å²) in [5, 5.41) is 0. The van der Waals surface area contributed by atoms with Crippen LogP contribution in [0.1, 0.15) is 34.5 Å². The van der Waals surface area contributed by atoms with Crippen LogP contribution in [0.4, 0.5) is 4.79 Å². The van der Waals surface area contributed by atoms with Crippen LogP contribution in [0.25, 0.3) is 0 Å². The number of aromatic nitrogens is 1. The van der Waals surface area contributed by atoms with Crippen LogP contribution in [0.5, 0.6) is 0 Å². The molecule has 2 aromatic rings. The summed E-state index contributed by atoms with van der Waals surface area (Å²) in [7, 11) is 1.54. The van der Waals surface area contributed by atoms with Gasteiger partial charge in [0, 0.05) is 38.6 Å². The molecule has 2 saturated heterocycles. The Kier molecular flexibility index (Phi) is 4.82. The zero-order valence-corrected chi connectivity index (χ0v) is 16.7. The van der Waals surface area contributed by atoms with Crippen molar-refractivity contribution in [2.45, 2.75) is 31.8 Å². The number of hydrogen-bond acceptors (Lipinski definition) is 4. The average Bonchev–Trinajstić information content (AvgIpc) is 2.91. The van der Waals surface area contributed by atoms with E-state index in [0.29, 0.717) is 43.7 Å². The number of likely N-dealkylation sites (tertiary alicyclic amines) is 1. The summed E-state index contributed by atoms with van der Waals surface area (Å²) < 4.78 is 0. The molecule has 7 heteroatoms. The van der Waals surface area contributed by atoms with E-state index in [1.54, 1.807) is 28.1 Å². The highest BCUT2D eigenvalue weighted by Gasteiger charge is 2.57. The summed E-state index contributed by atoms with van der Waals surface area (Å²) in [6, 6.07) is 12.9. The van der Waals surface area contributed by atoms with Gasteiger partial charge in [-0.05, 0) is 37.5 Å². The van der Waals surface area contributed by atoms with E-state index < -0.39 is 5.54 Å². The molecule has 7 nitrogen and oxygen atoms in total. The summed E-state index contributed by atoms with van der Waals surface area (Å²) >= 11 is 0. The Morgan fingerprint density at radius 1 is 1.07 bits per heavy atom. The Labute approximate surface area is 169 Å². The number of pyridine rings is 1. The molecule has 1 spiro atoms. The molecule has 0 radical (unpaired) electrons. The lowest BCUT2D eigenvalue weighted by molar-refractivity contribution is -0.134. The summed E-state index contributed by atoms with van der Waals surface area (Å²) in [6.07, 6.45) is 2.52. The van der Waals surface area contributed by atoms with Gasteiger partial charge in [0.2, 0.25) is 0 Å². The number of hydrogen-bond donors (Lipinski definition) is 0. The quantitative estimate of drug-likeness (QED) is 0.752. The van der Waals surface area contributed by atoms with E-state index in [9.17, 15) is 14.4 Å². The van der Waals surface area contributed by atoms with Crippen molar-refractivity contribution >= 4 is 17.8 Å². The largest absolute Gasteiger partial charge is 0.338 e. The number of imide groups is 1. The van der Waals surface area contributed by atoms with Gasteiger partial charge in [0.1, 0.15) is 5.54 Å². The normalized spacial score (nSPS) is 18.6. The van der Waals surface area contributed by atoms with Gasteiger partial charge in [-0.25, -0.2) is 4.79 Å². The number of rotatable bonds is 3. The highest BCUT2D eigenvalue weighted by molar-refractivity contribution is 6.07. The third kappa shape index (κ3) is 3.16. The molecule has 1 aromatic heterocycles. The molecule has 0 atom stereocenters. The molecular formula is C22H24N4O3. The first-order valence-electron chi connectivity index (χ1n) is 9.78. The molecule has 1 aromatic carbocycles. The molecule has 0 saturated carbocycles. The second-order valence-electron chi connectivity index (χ2n) is 7.68. The first-order valence-corrected chi connectivity index (χ1v) is 9.78. The molecule has 4 rings (SSSR count). The smallest absolute Gasteiger partial charge is 0.327 e. The number of aryl methyl sites for hydroxylation is 1. The molecule has 150 valence electrons. The Morgan fingerprint density at radius 3 is 2.41 bits per heavy atom. The van der Waals surface area contributed by atoms with Crippen molar-refractivity contribution in [3.8, 4) is 0 Å². The van der Waals surface area contributed by atoms with Crippen LogP contribution in [-0.4, -0.2) is 63.2 Å².